The molecule has 1 aliphatic rings. The van der Waals surface area contributed by atoms with Crippen LogP contribution in [0.3, 0.4) is 0 Å². The monoisotopic (exact) mass is 612 g/mol. The topological polar surface area (TPSA) is 80.9 Å². The van der Waals surface area contributed by atoms with Gasteiger partial charge in [0.2, 0.25) is 0 Å². The van der Waals surface area contributed by atoms with Crippen LogP contribution in [0.15, 0.2) is 82.1 Å². The lowest BCUT2D eigenvalue weighted by Crippen LogP contribution is -2.40. The maximum absolute atomic E-state index is 14.3. The van der Waals surface area contributed by atoms with Gasteiger partial charge in [-0.15, -0.1) is 0 Å². The zero-order valence-corrected chi connectivity index (χ0v) is 26.9. The molecule has 1 N–H and O–H groups in total. The van der Waals surface area contributed by atoms with Crippen LogP contribution in [0, 0.1) is 5.82 Å². The Kier molecular flexibility index (Phi) is 8.25. The fourth-order valence-corrected chi connectivity index (χ4v) is 6.44. The largest absolute Gasteiger partial charge is 0.507 e. The first-order chi connectivity index (χ1) is 20.7. The highest BCUT2D eigenvalue weighted by atomic mass is 32.1. The highest BCUT2D eigenvalue weighted by Gasteiger charge is 2.35. The van der Waals surface area contributed by atoms with E-state index in [-0.39, 0.29) is 34.3 Å². The predicted octanol–water partition coefficient (Wildman–Crippen LogP) is 6.38. The minimum Gasteiger partial charge on any atom is -0.507 e. The van der Waals surface area contributed by atoms with E-state index in [2.05, 4.69) is 0 Å². The summed E-state index contributed by atoms with van der Waals surface area (Å²) < 4.78 is 21.4. The van der Waals surface area contributed by atoms with Crippen molar-refractivity contribution in [3.63, 3.8) is 0 Å². The summed E-state index contributed by atoms with van der Waals surface area (Å²) in [6.45, 7) is 14.1. The van der Waals surface area contributed by atoms with Crippen LogP contribution in [-0.4, -0.2) is 22.2 Å². The molecular formula is C36H37FN2O4S. The van der Waals surface area contributed by atoms with Crippen LogP contribution in [0.25, 0.3) is 11.8 Å². The molecule has 0 fully saturated rings. The number of aromatic nitrogens is 1. The molecule has 228 valence electrons. The van der Waals surface area contributed by atoms with Crippen LogP contribution < -0.4 is 14.9 Å². The minimum absolute atomic E-state index is 0.137. The number of ether oxygens (including phenoxy) is 1. The van der Waals surface area contributed by atoms with Crippen molar-refractivity contribution in [2.24, 2.45) is 4.99 Å². The number of benzene rings is 3. The van der Waals surface area contributed by atoms with Gasteiger partial charge >= 0.3 is 5.97 Å². The Labute approximate surface area is 260 Å². The highest BCUT2D eigenvalue weighted by Crippen LogP contribution is 2.40. The molecule has 6 nitrogen and oxygen atoms in total. The number of hydrogen-bond acceptors (Lipinski definition) is 6. The Hall–Kier alpha value is -4.30. The molecule has 0 saturated carbocycles. The molecular weight excluding hydrogens is 575 g/mol. The second-order valence-electron chi connectivity index (χ2n) is 12.9. The van der Waals surface area contributed by atoms with E-state index >= 15 is 0 Å². The first-order valence-electron chi connectivity index (χ1n) is 14.6. The van der Waals surface area contributed by atoms with Crippen molar-refractivity contribution in [1.29, 1.82) is 0 Å². The zero-order valence-electron chi connectivity index (χ0n) is 26.1. The normalized spacial score (nSPS) is 15.6. The summed E-state index contributed by atoms with van der Waals surface area (Å²) in [4.78, 5) is 33.1. The van der Waals surface area contributed by atoms with Gasteiger partial charge in [-0.25, -0.2) is 14.2 Å². The van der Waals surface area contributed by atoms with E-state index in [9.17, 15) is 19.1 Å². The molecule has 0 bridgehead atoms. The summed E-state index contributed by atoms with van der Waals surface area (Å²) in [6, 6.07) is 18.0. The molecule has 8 heteroatoms. The van der Waals surface area contributed by atoms with Gasteiger partial charge in [-0.1, -0.05) is 95.3 Å². The Morgan fingerprint density at radius 2 is 1.59 bits per heavy atom. The van der Waals surface area contributed by atoms with E-state index < -0.39 is 17.8 Å². The standard InChI is InChI=1S/C36H37FN2O4S/c1-8-43-33(42)28-29(22-12-10-9-11-13-22)38-34-39(30(28)23-14-16-24(37)17-15-23)32(41)27(44-34)20-21-18-25(35(2,3)4)31(40)26(19-21)36(5,6)7/h9-20,30,40H,8H2,1-7H3/b27-20+/t30-/m0/s1. The molecule has 5 rings (SSSR count). The maximum atomic E-state index is 14.3. The molecule has 0 amide bonds. The average molecular weight is 613 g/mol. The van der Waals surface area contributed by atoms with Crippen LogP contribution in [0.1, 0.15) is 82.3 Å². The smallest absolute Gasteiger partial charge is 0.338 e. The highest BCUT2D eigenvalue weighted by molar-refractivity contribution is 7.07. The van der Waals surface area contributed by atoms with Crippen molar-refractivity contribution in [3.05, 3.63) is 126 Å². The number of halogens is 1. The number of esters is 1. The number of carbonyl (C=O) groups is 1. The second kappa shape index (κ2) is 11.7. The third kappa shape index (κ3) is 5.91. The summed E-state index contributed by atoms with van der Waals surface area (Å²) in [5, 5.41) is 11.2. The van der Waals surface area contributed by atoms with E-state index in [1.807, 2.05) is 90.1 Å². The maximum Gasteiger partial charge on any atom is 0.338 e. The third-order valence-corrected chi connectivity index (χ3v) is 8.59. The van der Waals surface area contributed by atoms with Gasteiger partial charge in [-0.3, -0.25) is 9.36 Å². The van der Waals surface area contributed by atoms with Crippen LogP contribution in [-0.2, 0) is 20.4 Å². The number of hydrogen-bond donors (Lipinski definition) is 1. The SMILES string of the molecule is CCOC(=O)C1=C(c2ccccc2)N=c2s/c(=C/c3cc(C(C)(C)C)c(O)c(C(C)(C)C)c3)c(=O)n2[C@H]1c1ccc(F)cc1. The lowest BCUT2D eigenvalue weighted by molar-refractivity contribution is -0.138. The molecule has 0 spiro atoms. The zero-order chi connectivity index (χ0) is 32.0. The van der Waals surface area contributed by atoms with Crippen molar-refractivity contribution in [2.45, 2.75) is 65.3 Å². The van der Waals surface area contributed by atoms with Crippen molar-refractivity contribution in [2.75, 3.05) is 6.61 Å². The minimum atomic E-state index is -0.890. The molecule has 2 heterocycles. The van der Waals surface area contributed by atoms with Gasteiger partial charge in [0.25, 0.3) is 5.56 Å². The molecule has 1 aliphatic heterocycles. The van der Waals surface area contributed by atoms with Gasteiger partial charge in [-0.05, 0) is 59.2 Å². The van der Waals surface area contributed by atoms with E-state index in [1.54, 1.807) is 19.1 Å². The number of nitrogens with zero attached hydrogens (tertiary/aromatic N) is 2. The number of phenolic OH excluding ortho intramolecular Hbond substituents is 1. The molecule has 1 aromatic heterocycles. The van der Waals surface area contributed by atoms with Crippen molar-refractivity contribution >= 4 is 29.1 Å². The van der Waals surface area contributed by atoms with Crippen LogP contribution in [0.4, 0.5) is 4.39 Å². The molecule has 0 aliphatic carbocycles. The first kappa shape index (κ1) is 31.1. The van der Waals surface area contributed by atoms with Crippen LogP contribution in [0.5, 0.6) is 5.75 Å². The molecule has 0 saturated heterocycles. The Balaban J connectivity index is 1.83. The van der Waals surface area contributed by atoms with E-state index in [0.717, 1.165) is 16.7 Å². The molecule has 0 radical (unpaired) electrons. The molecule has 0 unspecified atom stereocenters. The lowest BCUT2D eigenvalue weighted by atomic mass is 9.78. The molecule has 1 atom stereocenters. The van der Waals surface area contributed by atoms with E-state index in [1.165, 1.54) is 28.0 Å². The summed E-state index contributed by atoms with van der Waals surface area (Å²) in [5.41, 5.74) is 3.18. The summed E-state index contributed by atoms with van der Waals surface area (Å²) >= 11 is 1.22. The quantitative estimate of drug-likeness (QED) is 0.266. The Morgan fingerprint density at radius 1 is 1.00 bits per heavy atom. The van der Waals surface area contributed by atoms with Crippen LogP contribution in [0.2, 0.25) is 0 Å². The van der Waals surface area contributed by atoms with E-state index in [0.29, 0.717) is 26.2 Å². The number of fused-ring (bicyclic) bond motifs is 1. The van der Waals surface area contributed by atoms with Crippen molar-refractivity contribution < 1.29 is 19.0 Å². The average Bonchev–Trinajstić information content (AvgIpc) is 3.27. The molecule has 44 heavy (non-hydrogen) atoms. The fourth-order valence-electron chi connectivity index (χ4n) is 5.44. The van der Waals surface area contributed by atoms with Gasteiger partial charge in [0.1, 0.15) is 11.6 Å². The van der Waals surface area contributed by atoms with Crippen molar-refractivity contribution in [3.8, 4) is 5.75 Å². The first-order valence-corrected chi connectivity index (χ1v) is 15.4. The summed E-state index contributed by atoms with van der Waals surface area (Å²) in [7, 11) is 0. The number of carbonyl (C=O) groups excluding carboxylic acids is 1. The van der Waals surface area contributed by atoms with Gasteiger partial charge in [0, 0.05) is 16.7 Å². The lowest BCUT2D eigenvalue weighted by Gasteiger charge is -2.27. The number of phenols is 1. The fraction of sp³-hybridized carbons (Fsp3) is 0.306. The van der Waals surface area contributed by atoms with Gasteiger partial charge in [-0.2, -0.15) is 0 Å². The Bertz CT molecular complexity index is 1910. The number of thiazole rings is 1. The van der Waals surface area contributed by atoms with Gasteiger partial charge in [0.05, 0.1) is 28.5 Å². The second-order valence-corrected chi connectivity index (χ2v) is 14.0. The summed E-state index contributed by atoms with van der Waals surface area (Å²) in [5.74, 6) is -0.767. The van der Waals surface area contributed by atoms with Gasteiger partial charge in [0.15, 0.2) is 4.80 Å². The molecule has 4 aromatic rings. The number of rotatable bonds is 5. The van der Waals surface area contributed by atoms with Gasteiger partial charge < -0.3 is 9.84 Å². The summed E-state index contributed by atoms with van der Waals surface area (Å²) in [6.07, 6.45) is 1.81. The Morgan fingerprint density at radius 3 is 2.14 bits per heavy atom. The predicted molar refractivity (Wildman–Crippen MR) is 173 cm³/mol. The van der Waals surface area contributed by atoms with Crippen LogP contribution >= 0.6 is 11.3 Å². The molecule has 3 aromatic carbocycles. The van der Waals surface area contributed by atoms with Crippen molar-refractivity contribution in [1.82, 2.24) is 4.57 Å². The third-order valence-electron chi connectivity index (χ3n) is 7.61. The number of aromatic hydroxyl groups is 1. The van der Waals surface area contributed by atoms with E-state index in [4.69, 9.17) is 9.73 Å².